The summed E-state index contributed by atoms with van der Waals surface area (Å²) in [5, 5.41) is 2.92. The van der Waals surface area contributed by atoms with Gasteiger partial charge < -0.3 is 16.0 Å². The minimum Gasteiger partial charge on any atom is -0.330 e. The van der Waals surface area contributed by atoms with Gasteiger partial charge in [-0.1, -0.05) is 18.6 Å². The molecule has 0 fully saturated rings. The van der Waals surface area contributed by atoms with E-state index in [4.69, 9.17) is 5.73 Å². The van der Waals surface area contributed by atoms with Crippen molar-refractivity contribution in [2.24, 2.45) is 5.73 Å². The molecule has 19 heavy (non-hydrogen) atoms. The molecule has 0 aliphatic heterocycles. The number of carbonyl (C=O) groups is 1. The first-order valence-corrected chi connectivity index (χ1v) is 6.85. The lowest BCUT2D eigenvalue weighted by atomic mass is 10.1. The van der Waals surface area contributed by atoms with Gasteiger partial charge in [0.2, 0.25) is 5.91 Å². The molecule has 0 heterocycles. The first-order chi connectivity index (χ1) is 9.11. The van der Waals surface area contributed by atoms with Crippen LogP contribution in [0.1, 0.15) is 31.2 Å². The first-order valence-electron chi connectivity index (χ1n) is 6.85. The molecule has 0 aromatic heterocycles. The molecular formula is C15H25N3O. The molecule has 1 aromatic carbocycles. The van der Waals surface area contributed by atoms with Crippen LogP contribution in [0.4, 0.5) is 5.69 Å². The van der Waals surface area contributed by atoms with Crippen LogP contribution in [0.25, 0.3) is 0 Å². The molecule has 0 atom stereocenters. The van der Waals surface area contributed by atoms with Crippen molar-refractivity contribution in [2.45, 2.75) is 32.2 Å². The molecule has 0 saturated carbocycles. The predicted molar refractivity (Wildman–Crippen MR) is 80.0 cm³/mol. The van der Waals surface area contributed by atoms with Crippen LogP contribution in [0.2, 0.25) is 0 Å². The van der Waals surface area contributed by atoms with Gasteiger partial charge in [0.05, 0.1) is 0 Å². The molecule has 0 unspecified atom stereocenters. The summed E-state index contributed by atoms with van der Waals surface area (Å²) in [5.74, 6) is 0.0809. The zero-order valence-electron chi connectivity index (χ0n) is 12.0. The number of rotatable bonds is 8. The van der Waals surface area contributed by atoms with E-state index in [0.29, 0.717) is 13.0 Å². The third-order valence-electron chi connectivity index (χ3n) is 2.84. The van der Waals surface area contributed by atoms with E-state index in [9.17, 15) is 4.79 Å². The minimum absolute atomic E-state index is 0.0809. The number of hydrogen-bond donors (Lipinski definition) is 2. The molecule has 0 radical (unpaired) electrons. The number of nitrogens with one attached hydrogen (secondary N) is 1. The predicted octanol–water partition coefficient (Wildman–Crippen LogP) is 2.21. The molecule has 0 saturated heterocycles. The highest BCUT2D eigenvalue weighted by atomic mass is 16.1. The third-order valence-corrected chi connectivity index (χ3v) is 2.84. The number of hydrogen-bond acceptors (Lipinski definition) is 3. The molecule has 1 aromatic rings. The highest BCUT2D eigenvalue weighted by molar-refractivity contribution is 5.90. The SMILES string of the molecule is CN(C)Cc1ccc(NC(=O)CCCCCN)cc1. The lowest BCUT2D eigenvalue weighted by Gasteiger charge is -2.10. The van der Waals surface area contributed by atoms with Gasteiger partial charge in [0.1, 0.15) is 0 Å². The molecule has 0 spiro atoms. The molecule has 1 amide bonds. The van der Waals surface area contributed by atoms with Crippen LogP contribution >= 0.6 is 0 Å². The Balaban J connectivity index is 2.34. The van der Waals surface area contributed by atoms with Crippen LogP contribution in [-0.4, -0.2) is 31.4 Å². The summed E-state index contributed by atoms with van der Waals surface area (Å²) < 4.78 is 0. The topological polar surface area (TPSA) is 58.4 Å². The average molecular weight is 263 g/mol. The van der Waals surface area contributed by atoms with E-state index in [0.717, 1.165) is 31.5 Å². The molecule has 3 N–H and O–H groups in total. The van der Waals surface area contributed by atoms with Crippen molar-refractivity contribution in [3.8, 4) is 0 Å². The number of unbranched alkanes of at least 4 members (excludes halogenated alkanes) is 2. The molecule has 0 aliphatic carbocycles. The van der Waals surface area contributed by atoms with E-state index in [-0.39, 0.29) is 5.91 Å². The standard InChI is InChI=1S/C15H25N3O/c1-18(2)12-13-7-9-14(10-8-13)17-15(19)6-4-3-5-11-16/h7-10H,3-6,11-12,16H2,1-2H3,(H,17,19). The van der Waals surface area contributed by atoms with Gasteiger partial charge in [-0.2, -0.15) is 0 Å². The summed E-state index contributed by atoms with van der Waals surface area (Å²) in [6.07, 6.45) is 3.49. The third kappa shape index (κ3) is 6.94. The maximum absolute atomic E-state index is 11.7. The first kappa shape index (κ1) is 15.7. The van der Waals surface area contributed by atoms with Crippen LogP contribution < -0.4 is 11.1 Å². The van der Waals surface area contributed by atoms with Crippen LogP contribution in [0.3, 0.4) is 0 Å². The van der Waals surface area contributed by atoms with E-state index in [1.165, 1.54) is 5.56 Å². The number of anilines is 1. The number of nitrogens with zero attached hydrogens (tertiary/aromatic N) is 1. The van der Waals surface area contributed by atoms with E-state index in [1.807, 2.05) is 38.4 Å². The smallest absolute Gasteiger partial charge is 0.224 e. The summed E-state index contributed by atoms with van der Waals surface area (Å²) in [4.78, 5) is 13.8. The van der Waals surface area contributed by atoms with E-state index >= 15 is 0 Å². The molecule has 0 bridgehead atoms. The Bertz CT molecular complexity index is 373. The highest BCUT2D eigenvalue weighted by Gasteiger charge is 2.02. The van der Waals surface area contributed by atoms with Crippen LogP contribution in [0.5, 0.6) is 0 Å². The highest BCUT2D eigenvalue weighted by Crippen LogP contribution is 2.11. The van der Waals surface area contributed by atoms with Crippen molar-refractivity contribution in [1.82, 2.24) is 4.90 Å². The molecule has 4 heteroatoms. The van der Waals surface area contributed by atoms with Gasteiger partial charge in [0.25, 0.3) is 0 Å². The van der Waals surface area contributed by atoms with Crippen molar-refractivity contribution in [2.75, 3.05) is 26.0 Å². The molecule has 0 aliphatic rings. The lowest BCUT2D eigenvalue weighted by molar-refractivity contribution is -0.116. The number of nitrogens with two attached hydrogens (primary N) is 1. The summed E-state index contributed by atoms with van der Waals surface area (Å²) in [6.45, 7) is 1.61. The van der Waals surface area contributed by atoms with Gasteiger partial charge in [-0.05, 0) is 51.2 Å². The molecule has 4 nitrogen and oxygen atoms in total. The van der Waals surface area contributed by atoms with E-state index in [2.05, 4.69) is 10.2 Å². The fraction of sp³-hybridized carbons (Fsp3) is 0.533. The van der Waals surface area contributed by atoms with Crippen LogP contribution in [0, 0.1) is 0 Å². The number of amides is 1. The Morgan fingerprint density at radius 2 is 1.84 bits per heavy atom. The Kier molecular flexibility index (Phi) is 7.15. The van der Waals surface area contributed by atoms with Gasteiger partial charge in [-0.15, -0.1) is 0 Å². The van der Waals surface area contributed by atoms with Gasteiger partial charge in [0, 0.05) is 18.7 Å². The Hall–Kier alpha value is -1.39. The fourth-order valence-electron chi connectivity index (χ4n) is 1.89. The second-order valence-electron chi connectivity index (χ2n) is 5.08. The summed E-state index contributed by atoms with van der Waals surface area (Å²) >= 11 is 0. The minimum atomic E-state index is 0.0809. The molecular weight excluding hydrogens is 238 g/mol. The van der Waals surface area contributed by atoms with E-state index in [1.54, 1.807) is 0 Å². The van der Waals surface area contributed by atoms with Crippen LogP contribution in [0.15, 0.2) is 24.3 Å². The van der Waals surface area contributed by atoms with Gasteiger partial charge in [0.15, 0.2) is 0 Å². The van der Waals surface area contributed by atoms with Gasteiger partial charge >= 0.3 is 0 Å². The Morgan fingerprint density at radius 1 is 1.16 bits per heavy atom. The van der Waals surface area contributed by atoms with Crippen molar-refractivity contribution in [1.29, 1.82) is 0 Å². The zero-order valence-corrected chi connectivity index (χ0v) is 12.0. The number of carbonyl (C=O) groups excluding carboxylic acids is 1. The Morgan fingerprint density at radius 3 is 2.42 bits per heavy atom. The maximum Gasteiger partial charge on any atom is 0.224 e. The second kappa shape index (κ2) is 8.67. The van der Waals surface area contributed by atoms with E-state index < -0.39 is 0 Å². The van der Waals surface area contributed by atoms with Crippen molar-refractivity contribution in [3.63, 3.8) is 0 Å². The second-order valence-corrected chi connectivity index (χ2v) is 5.08. The quantitative estimate of drug-likeness (QED) is 0.707. The lowest BCUT2D eigenvalue weighted by Crippen LogP contribution is -2.12. The summed E-state index contributed by atoms with van der Waals surface area (Å²) in [5.41, 5.74) is 7.52. The average Bonchev–Trinajstić information content (AvgIpc) is 2.36. The van der Waals surface area contributed by atoms with Gasteiger partial charge in [-0.25, -0.2) is 0 Å². The summed E-state index contributed by atoms with van der Waals surface area (Å²) in [7, 11) is 4.08. The largest absolute Gasteiger partial charge is 0.330 e. The number of benzene rings is 1. The maximum atomic E-state index is 11.7. The van der Waals surface area contributed by atoms with Crippen LogP contribution in [-0.2, 0) is 11.3 Å². The van der Waals surface area contributed by atoms with Crippen molar-refractivity contribution >= 4 is 11.6 Å². The molecule has 106 valence electrons. The Labute approximate surface area is 116 Å². The van der Waals surface area contributed by atoms with Crippen molar-refractivity contribution < 1.29 is 4.79 Å². The van der Waals surface area contributed by atoms with Gasteiger partial charge in [-0.3, -0.25) is 4.79 Å². The molecule has 1 rings (SSSR count). The normalized spacial score (nSPS) is 10.7. The zero-order chi connectivity index (χ0) is 14.1. The monoisotopic (exact) mass is 263 g/mol. The fourth-order valence-corrected chi connectivity index (χ4v) is 1.89. The summed E-state index contributed by atoms with van der Waals surface area (Å²) in [6, 6.07) is 8.00. The van der Waals surface area contributed by atoms with Crippen molar-refractivity contribution in [3.05, 3.63) is 29.8 Å².